The number of aliphatic hydroxyl groups excluding tert-OH is 1. The van der Waals surface area contributed by atoms with Crippen molar-refractivity contribution in [1.82, 2.24) is 15.1 Å². The number of benzene rings is 1. The summed E-state index contributed by atoms with van der Waals surface area (Å²) in [5, 5.41) is 13.1. The monoisotopic (exact) mass is 345 g/mol. The maximum absolute atomic E-state index is 12.3. The Balaban J connectivity index is 1.48. The predicted octanol–water partition coefficient (Wildman–Crippen LogP) is 2.24. The third-order valence-corrected chi connectivity index (χ3v) is 5.61. The Morgan fingerprint density at radius 2 is 2.08 bits per heavy atom. The number of nitrogens with zero attached hydrogens (tertiary/aromatic N) is 2. The smallest absolute Gasteiger partial charge is 0.317 e. The van der Waals surface area contributed by atoms with Gasteiger partial charge in [-0.2, -0.15) is 0 Å². The highest BCUT2D eigenvalue weighted by molar-refractivity contribution is 5.73. The summed E-state index contributed by atoms with van der Waals surface area (Å²) in [6, 6.07) is 8.90. The topological polar surface area (TPSA) is 55.8 Å². The zero-order valence-corrected chi connectivity index (χ0v) is 15.4. The van der Waals surface area contributed by atoms with Gasteiger partial charge in [-0.25, -0.2) is 4.79 Å². The van der Waals surface area contributed by atoms with Crippen LogP contribution in [0.5, 0.6) is 0 Å². The molecule has 0 radical (unpaired) electrons. The molecular formula is C20H31N3O2. The van der Waals surface area contributed by atoms with E-state index in [1.54, 1.807) is 11.9 Å². The molecule has 1 aliphatic heterocycles. The van der Waals surface area contributed by atoms with Crippen molar-refractivity contribution in [3.8, 4) is 0 Å². The second-order valence-corrected chi connectivity index (χ2v) is 7.52. The highest BCUT2D eigenvalue weighted by Crippen LogP contribution is 2.32. The Labute approximate surface area is 151 Å². The molecule has 1 heterocycles. The van der Waals surface area contributed by atoms with Gasteiger partial charge in [0.05, 0.1) is 6.10 Å². The summed E-state index contributed by atoms with van der Waals surface area (Å²) in [6.07, 6.45) is 3.89. The first-order chi connectivity index (χ1) is 12.1. The molecule has 5 heteroatoms. The number of aliphatic hydroxyl groups is 1. The second kappa shape index (κ2) is 8.19. The van der Waals surface area contributed by atoms with E-state index in [1.165, 1.54) is 11.1 Å². The molecule has 0 spiro atoms. The first kappa shape index (κ1) is 18.2. The van der Waals surface area contributed by atoms with Crippen LogP contribution in [-0.2, 0) is 13.0 Å². The quantitative estimate of drug-likeness (QED) is 0.797. The van der Waals surface area contributed by atoms with E-state index in [0.717, 1.165) is 38.8 Å². The zero-order valence-electron chi connectivity index (χ0n) is 15.4. The van der Waals surface area contributed by atoms with Gasteiger partial charge in [0.2, 0.25) is 0 Å². The third kappa shape index (κ3) is 4.73. The van der Waals surface area contributed by atoms with Gasteiger partial charge in [0.1, 0.15) is 0 Å². The van der Waals surface area contributed by atoms with Crippen LogP contribution >= 0.6 is 0 Å². The van der Waals surface area contributed by atoms with Crippen molar-refractivity contribution in [3.05, 3.63) is 35.4 Å². The van der Waals surface area contributed by atoms with E-state index in [2.05, 4.69) is 41.4 Å². The van der Waals surface area contributed by atoms with Crippen molar-refractivity contribution in [2.75, 3.05) is 26.7 Å². The largest absolute Gasteiger partial charge is 0.391 e. The lowest BCUT2D eigenvalue weighted by Gasteiger charge is -2.35. The number of amides is 2. The summed E-state index contributed by atoms with van der Waals surface area (Å²) >= 11 is 0. The predicted molar refractivity (Wildman–Crippen MR) is 99.4 cm³/mol. The van der Waals surface area contributed by atoms with Crippen LogP contribution in [0.2, 0.25) is 0 Å². The van der Waals surface area contributed by atoms with Gasteiger partial charge in [-0.05, 0) is 42.7 Å². The minimum Gasteiger partial charge on any atom is -0.391 e. The van der Waals surface area contributed by atoms with Crippen LogP contribution in [0.4, 0.5) is 4.79 Å². The van der Waals surface area contributed by atoms with Gasteiger partial charge in [-0.3, -0.25) is 4.90 Å². The number of nitrogens with one attached hydrogen (secondary N) is 1. The molecule has 2 aliphatic rings. The van der Waals surface area contributed by atoms with E-state index >= 15 is 0 Å². The van der Waals surface area contributed by atoms with Gasteiger partial charge in [0.15, 0.2) is 0 Å². The Hall–Kier alpha value is -1.59. The number of carbonyl (C=O) groups is 1. The number of rotatable bonds is 7. The number of hydrogen-bond donors (Lipinski definition) is 2. The number of urea groups is 1. The first-order valence-electron chi connectivity index (χ1n) is 9.56. The maximum Gasteiger partial charge on any atom is 0.317 e. The summed E-state index contributed by atoms with van der Waals surface area (Å²) in [5.41, 5.74) is 2.86. The Bertz CT molecular complexity index is 588. The first-order valence-corrected chi connectivity index (χ1v) is 9.56. The molecule has 3 rings (SSSR count). The van der Waals surface area contributed by atoms with Crippen LogP contribution in [0.25, 0.3) is 0 Å². The summed E-state index contributed by atoms with van der Waals surface area (Å²) in [6.45, 7) is 5.26. The lowest BCUT2D eigenvalue weighted by Crippen LogP contribution is -2.49. The average Bonchev–Trinajstić information content (AvgIpc) is 3.47. The van der Waals surface area contributed by atoms with Gasteiger partial charge in [-0.15, -0.1) is 0 Å². The average molecular weight is 345 g/mol. The number of carbonyl (C=O) groups excluding carboxylic acids is 1. The molecule has 0 bridgehead atoms. The molecular weight excluding hydrogens is 314 g/mol. The molecule has 2 atom stereocenters. The van der Waals surface area contributed by atoms with E-state index in [4.69, 9.17) is 0 Å². The minimum absolute atomic E-state index is 0.0874. The normalized spacial score (nSPS) is 19.8. The van der Waals surface area contributed by atoms with E-state index in [-0.39, 0.29) is 12.1 Å². The zero-order chi connectivity index (χ0) is 17.8. The maximum atomic E-state index is 12.3. The number of likely N-dealkylation sites (N-methyl/N-ethyl adjacent to an activating group) is 1. The van der Waals surface area contributed by atoms with Gasteiger partial charge in [-0.1, -0.05) is 31.2 Å². The molecule has 138 valence electrons. The molecule has 2 amide bonds. The summed E-state index contributed by atoms with van der Waals surface area (Å²) in [4.78, 5) is 16.4. The Morgan fingerprint density at radius 3 is 2.76 bits per heavy atom. The molecule has 1 aromatic carbocycles. The third-order valence-electron chi connectivity index (χ3n) is 5.61. The van der Waals surface area contributed by atoms with E-state index in [0.29, 0.717) is 25.0 Å². The van der Waals surface area contributed by atoms with E-state index in [1.807, 2.05) is 0 Å². The molecule has 1 saturated carbocycles. The molecule has 2 N–H and O–H groups in total. The molecule has 25 heavy (non-hydrogen) atoms. The van der Waals surface area contributed by atoms with Gasteiger partial charge in [0.25, 0.3) is 0 Å². The highest BCUT2D eigenvalue weighted by Gasteiger charge is 2.31. The second-order valence-electron chi connectivity index (χ2n) is 7.52. The van der Waals surface area contributed by atoms with Crippen molar-refractivity contribution in [2.24, 2.45) is 5.92 Å². The summed E-state index contributed by atoms with van der Waals surface area (Å²) < 4.78 is 0. The van der Waals surface area contributed by atoms with Gasteiger partial charge in [0, 0.05) is 39.3 Å². The van der Waals surface area contributed by atoms with Crippen molar-refractivity contribution >= 4 is 6.03 Å². The molecule has 1 fully saturated rings. The molecule has 1 aromatic rings. The van der Waals surface area contributed by atoms with E-state index < -0.39 is 0 Å². The standard InChI is InChI=1S/C20H31N3O2/c1-3-18(23-11-10-15-6-4-5-7-17(15)13-23)12-21-20(25)22(2)14-19(24)16-8-9-16/h4-7,16,18-19,24H,3,8-14H2,1-2H3,(H,21,25). The molecule has 1 aliphatic carbocycles. The van der Waals surface area contributed by atoms with Crippen molar-refractivity contribution < 1.29 is 9.90 Å². The van der Waals surface area contributed by atoms with Gasteiger partial charge >= 0.3 is 6.03 Å². The Morgan fingerprint density at radius 1 is 1.36 bits per heavy atom. The minimum atomic E-state index is -0.378. The Kier molecular flexibility index (Phi) is 5.97. The summed E-state index contributed by atoms with van der Waals surface area (Å²) in [7, 11) is 1.76. The molecule has 0 saturated heterocycles. The van der Waals surface area contributed by atoms with Crippen LogP contribution < -0.4 is 5.32 Å². The summed E-state index contributed by atoms with van der Waals surface area (Å²) in [5.74, 6) is 0.395. The van der Waals surface area contributed by atoms with Crippen molar-refractivity contribution in [1.29, 1.82) is 0 Å². The van der Waals surface area contributed by atoms with Crippen molar-refractivity contribution in [2.45, 2.75) is 51.3 Å². The number of hydrogen-bond acceptors (Lipinski definition) is 3. The van der Waals surface area contributed by atoms with Crippen LogP contribution in [0.15, 0.2) is 24.3 Å². The fourth-order valence-electron chi connectivity index (χ4n) is 3.69. The molecule has 2 unspecified atom stereocenters. The highest BCUT2D eigenvalue weighted by atomic mass is 16.3. The molecule has 0 aromatic heterocycles. The fourth-order valence-corrected chi connectivity index (χ4v) is 3.69. The van der Waals surface area contributed by atoms with Crippen LogP contribution in [-0.4, -0.2) is 59.8 Å². The lowest BCUT2D eigenvalue weighted by molar-refractivity contribution is 0.111. The SMILES string of the molecule is CCC(CNC(=O)N(C)CC(O)C1CC1)N1CCc2ccccc2C1. The van der Waals surface area contributed by atoms with Crippen LogP contribution in [0, 0.1) is 5.92 Å². The van der Waals surface area contributed by atoms with E-state index in [9.17, 15) is 9.90 Å². The fraction of sp³-hybridized carbons (Fsp3) is 0.650. The van der Waals surface area contributed by atoms with Crippen molar-refractivity contribution in [3.63, 3.8) is 0 Å². The lowest BCUT2D eigenvalue weighted by atomic mass is 9.98. The number of fused-ring (bicyclic) bond motifs is 1. The van der Waals surface area contributed by atoms with Crippen LogP contribution in [0.3, 0.4) is 0 Å². The van der Waals surface area contributed by atoms with Crippen LogP contribution in [0.1, 0.15) is 37.3 Å². The molecule has 5 nitrogen and oxygen atoms in total. The van der Waals surface area contributed by atoms with Gasteiger partial charge < -0.3 is 15.3 Å².